The van der Waals surface area contributed by atoms with Gasteiger partial charge in [-0.1, -0.05) is 22.0 Å². The van der Waals surface area contributed by atoms with Gasteiger partial charge in [0.05, 0.1) is 6.54 Å². The van der Waals surface area contributed by atoms with Crippen molar-refractivity contribution in [2.24, 2.45) is 11.7 Å². The maximum Gasteiger partial charge on any atom is 0.238 e. The highest BCUT2D eigenvalue weighted by Gasteiger charge is 2.23. The van der Waals surface area contributed by atoms with Gasteiger partial charge in [0.15, 0.2) is 0 Å². The molecule has 1 aromatic rings. The van der Waals surface area contributed by atoms with Crippen molar-refractivity contribution in [2.75, 3.05) is 25.0 Å². The van der Waals surface area contributed by atoms with Gasteiger partial charge in [0, 0.05) is 22.7 Å². The zero-order valence-corrected chi connectivity index (χ0v) is 13.4. The maximum atomic E-state index is 12.1. The third-order valence-corrected chi connectivity index (χ3v) is 4.25. The molecule has 0 aromatic heterocycles. The predicted molar refractivity (Wildman–Crippen MR) is 85.6 cm³/mol. The Bertz CT molecular complexity index is 464. The molecule has 0 aliphatic carbocycles. The van der Waals surface area contributed by atoms with Gasteiger partial charge in [0.25, 0.3) is 0 Å². The number of piperidine rings is 1. The molecule has 0 saturated carbocycles. The second-order valence-corrected chi connectivity index (χ2v) is 6.47. The number of carbonyl (C=O) groups is 1. The van der Waals surface area contributed by atoms with Crippen LogP contribution in [-0.2, 0) is 4.79 Å². The average molecular weight is 340 g/mol. The summed E-state index contributed by atoms with van der Waals surface area (Å²) in [5, 5.41) is 2.93. The van der Waals surface area contributed by atoms with E-state index in [-0.39, 0.29) is 11.9 Å². The van der Waals surface area contributed by atoms with Crippen LogP contribution in [0.3, 0.4) is 0 Å². The quantitative estimate of drug-likeness (QED) is 0.885. The van der Waals surface area contributed by atoms with Gasteiger partial charge in [-0.25, -0.2) is 0 Å². The number of nitrogens with zero attached hydrogens (tertiary/aromatic N) is 1. The second kappa shape index (κ2) is 7.20. The van der Waals surface area contributed by atoms with Crippen molar-refractivity contribution in [3.8, 4) is 0 Å². The SMILES string of the molecule is CC(N)C1CCCN(CC(=O)Nc2cccc(Br)c2)C1. The Morgan fingerprint density at radius 3 is 3.10 bits per heavy atom. The number of benzene rings is 1. The smallest absolute Gasteiger partial charge is 0.238 e. The van der Waals surface area contributed by atoms with Crippen LogP contribution in [0.1, 0.15) is 19.8 Å². The summed E-state index contributed by atoms with van der Waals surface area (Å²) in [5.41, 5.74) is 6.79. The van der Waals surface area contributed by atoms with Gasteiger partial charge < -0.3 is 11.1 Å². The monoisotopic (exact) mass is 339 g/mol. The number of carbonyl (C=O) groups excluding carboxylic acids is 1. The largest absolute Gasteiger partial charge is 0.328 e. The molecule has 1 aliphatic rings. The van der Waals surface area contributed by atoms with Gasteiger partial charge in [-0.05, 0) is 50.4 Å². The summed E-state index contributed by atoms with van der Waals surface area (Å²) in [6.07, 6.45) is 2.29. The standard InChI is InChI=1S/C15H22BrN3O/c1-11(17)12-4-3-7-19(9-12)10-15(20)18-14-6-2-5-13(16)8-14/h2,5-6,8,11-12H,3-4,7,9-10,17H2,1H3,(H,18,20). The predicted octanol–water partition coefficient (Wildman–Crippen LogP) is 2.45. The molecular weight excluding hydrogens is 318 g/mol. The highest BCUT2D eigenvalue weighted by molar-refractivity contribution is 9.10. The molecule has 1 aliphatic heterocycles. The van der Waals surface area contributed by atoms with Gasteiger partial charge in [-0.3, -0.25) is 9.69 Å². The molecule has 0 radical (unpaired) electrons. The van der Waals surface area contributed by atoms with Crippen LogP contribution in [0.4, 0.5) is 5.69 Å². The third-order valence-electron chi connectivity index (χ3n) is 3.76. The molecule has 1 heterocycles. The molecule has 1 saturated heterocycles. The lowest BCUT2D eigenvalue weighted by Gasteiger charge is -2.34. The van der Waals surface area contributed by atoms with Gasteiger partial charge >= 0.3 is 0 Å². The Labute approximate surface area is 128 Å². The molecule has 5 heteroatoms. The Morgan fingerprint density at radius 1 is 1.60 bits per heavy atom. The first-order valence-electron chi connectivity index (χ1n) is 7.08. The average Bonchev–Trinajstić information content (AvgIpc) is 2.38. The summed E-state index contributed by atoms with van der Waals surface area (Å²) in [5.74, 6) is 0.538. The van der Waals surface area contributed by atoms with E-state index in [1.807, 2.05) is 24.3 Å². The van der Waals surface area contributed by atoms with Crippen LogP contribution in [0.5, 0.6) is 0 Å². The summed E-state index contributed by atoms with van der Waals surface area (Å²) in [6, 6.07) is 7.84. The minimum Gasteiger partial charge on any atom is -0.328 e. The van der Waals surface area contributed by atoms with Gasteiger partial charge in [-0.2, -0.15) is 0 Å². The zero-order valence-electron chi connectivity index (χ0n) is 11.8. The topological polar surface area (TPSA) is 58.4 Å². The van der Waals surface area contributed by atoms with Crippen molar-refractivity contribution < 1.29 is 4.79 Å². The summed E-state index contributed by atoms with van der Waals surface area (Å²) < 4.78 is 0.963. The fraction of sp³-hybridized carbons (Fsp3) is 0.533. The van der Waals surface area contributed by atoms with E-state index >= 15 is 0 Å². The number of hydrogen-bond acceptors (Lipinski definition) is 3. The summed E-state index contributed by atoms with van der Waals surface area (Å²) in [6.45, 7) is 4.39. The van der Waals surface area contributed by atoms with Crippen LogP contribution in [0, 0.1) is 5.92 Å². The first kappa shape index (κ1) is 15.5. The number of rotatable bonds is 4. The van der Waals surface area contributed by atoms with E-state index in [2.05, 4.69) is 33.1 Å². The number of nitrogens with one attached hydrogen (secondary N) is 1. The highest BCUT2D eigenvalue weighted by Crippen LogP contribution is 2.19. The Morgan fingerprint density at radius 2 is 2.40 bits per heavy atom. The maximum absolute atomic E-state index is 12.1. The van der Waals surface area contributed by atoms with Gasteiger partial charge in [0.1, 0.15) is 0 Å². The van der Waals surface area contributed by atoms with E-state index in [0.717, 1.165) is 29.7 Å². The summed E-state index contributed by atoms with van der Waals surface area (Å²) >= 11 is 3.40. The van der Waals surface area contributed by atoms with Crippen LogP contribution < -0.4 is 11.1 Å². The molecule has 4 nitrogen and oxygen atoms in total. The van der Waals surface area contributed by atoms with E-state index in [1.54, 1.807) is 0 Å². The number of hydrogen-bond donors (Lipinski definition) is 2. The van der Waals surface area contributed by atoms with Crippen molar-refractivity contribution in [2.45, 2.75) is 25.8 Å². The Kier molecular flexibility index (Phi) is 5.57. The van der Waals surface area contributed by atoms with E-state index < -0.39 is 0 Å². The van der Waals surface area contributed by atoms with Crippen LogP contribution in [0.15, 0.2) is 28.7 Å². The van der Waals surface area contributed by atoms with Gasteiger partial charge in [0.2, 0.25) is 5.91 Å². The van der Waals surface area contributed by atoms with Crippen molar-refractivity contribution in [1.29, 1.82) is 0 Å². The number of halogens is 1. The molecular formula is C15H22BrN3O. The van der Waals surface area contributed by atoms with Crippen molar-refractivity contribution in [1.82, 2.24) is 4.90 Å². The van der Waals surface area contributed by atoms with E-state index in [1.165, 1.54) is 6.42 Å². The van der Waals surface area contributed by atoms with Crippen LogP contribution >= 0.6 is 15.9 Å². The van der Waals surface area contributed by atoms with E-state index in [9.17, 15) is 4.79 Å². The first-order valence-corrected chi connectivity index (χ1v) is 7.87. The first-order chi connectivity index (χ1) is 9.54. The Balaban J connectivity index is 1.85. The van der Waals surface area contributed by atoms with Crippen LogP contribution in [-0.4, -0.2) is 36.5 Å². The molecule has 1 fully saturated rings. The van der Waals surface area contributed by atoms with Crippen LogP contribution in [0.2, 0.25) is 0 Å². The lowest BCUT2D eigenvalue weighted by atomic mass is 9.92. The molecule has 110 valence electrons. The van der Waals surface area contributed by atoms with Crippen molar-refractivity contribution in [3.05, 3.63) is 28.7 Å². The normalized spacial score (nSPS) is 21.4. The van der Waals surface area contributed by atoms with Crippen molar-refractivity contribution >= 4 is 27.5 Å². The number of likely N-dealkylation sites (tertiary alicyclic amines) is 1. The molecule has 0 bridgehead atoms. The molecule has 2 rings (SSSR count). The second-order valence-electron chi connectivity index (χ2n) is 5.56. The molecule has 20 heavy (non-hydrogen) atoms. The number of amides is 1. The molecule has 2 unspecified atom stereocenters. The molecule has 0 spiro atoms. The summed E-state index contributed by atoms with van der Waals surface area (Å²) in [7, 11) is 0. The van der Waals surface area contributed by atoms with E-state index in [4.69, 9.17) is 5.73 Å². The lowest BCUT2D eigenvalue weighted by Crippen LogP contribution is -2.45. The minimum absolute atomic E-state index is 0.0356. The summed E-state index contributed by atoms with van der Waals surface area (Å²) in [4.78, 5) is 14.3. The van der Waals surface area contributed by atoms with Crippen LogP contribution in [0.25, 0.3) is 0 Å². The van der Waals surface area contributed by atoms with E-state index in [0.29, 0.717) is 12.5 Å². The highest BCUT2D eigenvalue weighted by atomic mass is 79.9. The molecule has 2 atom stereocenters. The number of anilines is 1. The fourth-order valence-corrected chi connectivity index (χ4v) is 3.03. The minimum atomic E-state index is 0.0356. The molecule has 1 aromatic carbocycles. The third kappa shape index (κ3) is 4.58. The zero-order chi connectivity index (χ0) is 14.5. The number of nitrogens with two attached hydrogens (primary N) is 1. The fourth-order valence-electron chi connectivity index (χ4n) is 2.63. The lowest BCUT2D eigenvalue weighted by molar-refractivity contribution is -0.117. The van der Waals surface area contributed by atoms with Crippen molar-refractivity contribution in [3.63, 3.8) is 0 Å². The molecule has 1 amide bonds. The Hall–Kier alpha value is -0.910. The molecule has 3 N–H and O–H groups in total. The van der Waals surface area contributed by atoms with Gasteiger partial charge in [-0.15, -0.1) is 0 Å².